The number of anilines is 1. The first-order valence-corrected chi connectivity index (χ1v) is 7.26. The minimum absolute atomic E-state index is 0.115. The van der Waals surface area contributed by atoms with Gasteiger partial charge in [-0.25, -0.2) is 0 Å². The first-order chi connectivity index (χ1) is 10.7. The van der Waals surface area contributed by atoms with Gasteiger partial charge in [0, 0.05) is 5.69 Å². The van der Waals surface area contributed by atoms with Crippen LogP contribution in [0.2, 0.25) is 0 Å². The number of hydrogen-bond acceptors (Lipinski definition) is 3. The van der Waals surface area contributed by atoms with Crippen molar-refractivity contribution >= 4 is 17.8 Å². The highest BCUT2D eigenvalue weighted by Crippen LogP contribution is 2.23. The standard InChI is InChI=1S/C18H20N2O2/c1-14(2)16-10-6-7-11-17(16)20-18(21)13-22-19-12-15-8-4-3-5-9-15/h3-12,14H,13H2,1-2H3,(H,20,21)/b19-12-. The summed E-state index contributed by atoms with van der Waals surface area (Å²) in [6, 6.07) is 17.3. The van der Waals surface area contributed by atoms with Gasteiger partial charge in [0.05, 0.1) is 6.21 Å². The number of amides is 1. The van der Waals surface area contributed by atoms with Crippen LogP contribution in [0.25, 0.3) is 0 Å². The molecule has 22 heavy (non-hydrogen) atoms. The first-order valence-electron chi connectivity index (χ1n) is 7.26. The molecular weight excluding hydrogens is 276 g/mol. The predicted octanol–water partition coefficient (Wildman–Crippen LogP) is 3.80. The number of oxime groups is 1. The summed E-state index contributed by atoms with van der Waals surface area (Å²) in [6.45, 7) is 4.06. The zero-order chi connectivity index (χ0) is 15.8. The number of nitrogens with one attached hydrogen (secondary N) is 1. The van der Waals surface area contributed by atoms with Crippen molar-refractivity contribution in [3.63, 3.8) is 0 Å². The molecular formula is C18H20N2O2. The van der Waals surface area contributed by atoms with Crippen molar-refractivity contribution in [2.75, 3.05) is 11.9 Å². The van der Waals surface area contributed by atoms with Gasteiger partial charge in [-0.1, -0.05) is 67.5 Å². The molecule has 0 aliphatic rings. The summed E-state index contributed by atoms with van der Waals surface area (Å²) in [4.78, 5) is 16.9. The lowest BCUT2D eigenvalue weighted by atomic mass is 10.0. The van der Waals surface area contributed by atoms with Crippen LogP contribution in [0.1, 0.15) is 30.9 Å². The van der Waals surface area contributed by atoms with E-state index in [-0.39, 0.29) is 12.5 Å². The van der Waals surface area contributed by atoms with E-state index >= 15 is 0 Å². The van der Waals surface area contributed by atoms with Crippen molar-refractivity contribution in [2.45, 2.75) is 19.8 Å². The quantitative estimate of drug-likeness (QED) is 0.651. The van der Waals surface area contributed by atoms with E-state index in [2.05, 4.69) is 24.3 Å². The predicted molar refractivity (Wildman–Crippen MR) is 89.1 cm³/mol. The Morgan fingerprint density at radius 2 is 1.82 bits per heavy atom. The Bertz CT molecular complexity index is 637. The Kier molecular flexibility index (Phi) is 5.72. The van der Waals surface area contributed by atoms with Crippen molar-refractivity contribution in [3.8, 4) is 0 Å². The van der Waals surface area contributed by atoms with Crippen molar-refractivity contribution in [1.82, 2.24) is 0 Å². The molecule has 2 rings (SSSR count). The highest BCUT2D eigenvalue weighted by molar-refractivity contribution is 5.92. The smallest absolute Gasteiger partial charge is 0.265 e. The van der Waals surface area contributed by atoms with Crippen molar-refractivity contribution in [2.24, 2.45) is 5.16 Å². The van der Waals surface area contributed by atoms with Crippen molar-refractivity contribution < 1.29 is 9.63 Å². The maximum Gasteiger partial charge on any atom is 0.265 e. The molecule has 0 radical (unpaired) electrons. The van der Waals surface area contributed by atoms with Crippen LogP contribution in [-0.2, 0) is 9.63 Å². The number of carbonyl (C=O) groups excluding carboxylic acids is 1. The number of benzene rings is 2. The number of carbonyl (C=O) groups is 1. The first kappa shape index (κ1) is 15.8. The van der Waals surface area contributed by atoms with Gasteiger partial charge in [0.25, 0.3) is 5.91 Å². The van der Waals surface area contributed by atoms with Crippen LogP contribution in [0.5, 0.6) is 0 Å². The van der Waals surface area contributed by atoms with E-state index in [1.807, 2.05) is 54.6 Å². The summed E-state index contributed by atoms with van der Waals surface area (Å²) >= 11 is 0. The lowest BCUT2D eigenvalue weighted by Gasteiger charge is -2.13. The van der Waals surface area contributed by atoms with Gasteiger partial charge >= 0.3 is 0 Å². The van der Waals surface area contributed by atoms with Gasteiger partial charge in [0.2, 0.25) is 0 Å². The Hall–Kier alpha value is -2.62. The van der Waals surface area contributed by atoms with E-state index in [1.165, 1.54) is 0 Å². The second kappa shape index (κ2) is 7.98. The highest BCUT2D eigenvalue weighted by atomic mass is 16.6. The lowest BCUT2D eigenvalue weighted by molar-refractivity contribution is -0.120. The summed E-state index contributed by atoms with van der Waals surface area (Å²) in [6.07, 6.45) is 1.58. The Labute approximate surface area is 130 Å². The Balaban J connectivity index is 1.85. The van der Waals surface area contributed by atoms with Gasteiger partial charge in [0.15, 0.2) is 6.61 Å². The molecule has 2 aromatic carbocycles. The molecule has 0 unspecified atom stereocenters. The Morgan fingerprint density at radius 1 is 1.14 bits per heavy atom. The molecule has 0 spiro atoms. The minimum Gasteiger partial charge on any atom is -0.386 e. The van der Waals surface area contributed by atoms with E-state index in [4.69, 9.17) is 4.84 Å². The third-order valence-electron chi connectivity index (χ3n) is 3.13. The van der Waals surface area contributed by atoms with Crippen LogP contribution in [0.15, 0.2) is 59.8 Å². The molecule has 0 bridgehead atoms. The molecule has 4 heteroatoms. The topological polar surface area (TPSA) is 50.7 Å². The zero-order valence-electron chi connectivity index (χ0n) is 12.8. The second-order valence-corrected chi connectivity index (χ2v) is 5.21. The van der Waals surface area contributed by atoms with Crippen LogP contribution < -0.4 is 5.32 Å². The lowest BCUT2D eigenvalue weighted by Crippen LogP contribution is -2.18. The summed E-state index contributed by atoms with van der Waals surface area (Å²) in [5.41, 5.74) is 2.84. The number of nitrogens with zero attached hydrogens (tertiary/aromatic N) is 1. The molecule has 0 saturated heterocycles. The third-order valence-corrected chi connectivity index (χ3v) is 3.13. The maximum atomic E-state index is 11.9. The average molecular weight is 296 g/mol. The number of para-hydroxylation sites is 1. The van der Waals surface area contributed by atoms with Gasteiger partial charge < -0.3 is 10.2 Å². The van der Waals surface area contributed by atoms with E-state index in [9.17, 15) is 4.79 Å². The molecule has 4 nitrogen and oxygen atoms in total. The van der Waals surface area contributed by atoms with Crippen LogP contribution in [0.3, 0.4) is 0 Å². The second-order valence-electron chi connectivity index (χ2n) is 5.21. The highest BCUT2D eigenvalue weighted by Gasteiger charge is 2.09. The molecule has 1 amide bonds. The summed E-state index contributed by atoms with van der Waals surface area (Å²) in [7, 11) is 0. The monoisotopic (exact) mass is 296 g/mol. The Morgan fingerprint density at radius 3 is 2.55 bits per heavy atom. The maximum absolute atomic E-state index is 11.9. The van der Waals surface area contributed by atoms with E-state index in [0.29, 0.717) is 5.92 Å². The molecule has 114 valence electrons. The van der Waals surface area contributed by atoms with Gasteiger partial charge in [-0.15, -0.1) is 0 Å². The average Bonchev–Trinajstić information content (AvgIpc) is 2.53. The number of hydrogen-bond donors (Lipinski definition) is 1. The van der Waals surface area contributed by atoms with Gasteiger partial charge in [0.1, 0.15) is 0 Å². The SMILES string of the molecule is CC(C)c1ccccc1NC(=O)CO/N=C\c1ccccc1. The van der Waals surface area contributed by atoms with E-state index < -0.39 is 0 Å². The molecule has 0 aliphatic carbocycles. The van der Waals surface area contributed by atoms with Crippen LogP contribution in [0, 0.1) is 0 Å². The fraction of sp³-hybridized carbons (Fsp3) is 0.222. The van der Waals surface area contributed by atoms with E-state index in [1.54, 1.807) is 6.21 Å². The molecule has 0 saturated carbocycles. The minimum atomic E-state index is -0.224. The third kappa shape index (κ3) is 4.74. The molecule has 0 atom stereocenters. The largest absolute Gasteiger partial charge is 0.386 e. The van der Waals surface area contributed by atoms with Crippen LogP contribution in [-0.4, -0.2) is 18.7 Å². The summed E-state index contributed by atoms with van der Waals surface area (Å²) < 4.78 is 0. The normalized spacial score (nSPS) is 10.9. The van der Waals surface area contributed by atoms with Crippen LogP contribution in [0.4, 0.5) is 5.69 Å². The molecule has 0 heterocycles. The van der Waals surface area contributed by atoms with E-state index in [0.717, 1.165) is 16.8 Å². The fourth-order valence-electron chi connectivity index (χ4n) is 2.03. The van der Waals surface area contributed by atoms with Gasteiger partial charge in [-0.05, 0) is 23.1 Å². The van der Waals surface area contributed by atoms with Crippen molar-refractivity contribution in [3.05, 3.63) is 65.7 Å². The van der Waals surface area contributed by atoms with Gasteiger partial charge in [-0.2, -0.15) is 0 Å². The van der Waals surface area contributed by atoms with Crippen molar-refractivity contribution in [1.29, 1.82) is 0 Å². The zero-order valence-corrected chi connectivity index (χ0v) is 12.8. The molecule has 1 N–H and O–H groups in total. The fourth-order valence-corrected chi connectivity index (χ4v) is 2.03. The molecule has 0 aromatic heterocycles. The molecule has 2 aromatic rings. The van der Waals surface area contributed by atoms with Gasteiger partial charge in [-0.3, -0.25) is 4.79 Å². The summed E-state index contributed by atoms with van der Waals surface area (Å²) in [5.74, 6) is 0.117. The summed E-state index contributed by atoms with van der Waals surface area (Å²) in [5, 5.41) is 6.65. The molecule has 0 aliphatic heterocycles. The van der Waals surface area contributed by atoms with Crippen LogP contribution >= 0.6 is 0 Å². The number of rotatable bonds is 6. The molecule has 0 fully saturated rings.